The maximum Gasteiger partial charge on any atom is 0.313 e. The summed E-state index contributed by atoms with van der Waals surface area (Å²) in [6.45, 7) is 0.136. The zero-order chi connectivity index (χ0) is 25.2. The molecule has 4 heterocycles. The van der Waals surface area contributed by atoms with E-state index in [2.05, 4.69) is 36.9 Å². The van der Waals surface area contributed by atoms with Crippen LogP contribution in [-0.2, 0) is 25.8 Å². The van der Waals surface area contributed by atoms with Gasteiger partial charge in [0.1, 0.15) is 36.2 Å². The Labute approximate surface area is 211 Å². The molecule has 2 aliphatic heterocycles. The Morgan fingerprint density at radius 1 is 1.54 bits per heavy atom. The summed E-state index contributed by atoms with van der Waals surface area (Å²) in [5, 5.41) is 29.4. The van der Waals surface area contributed by atoms with Crippen molar-refractivity contribution in [3.63, 3.8) is 0 Å². The normalized spacial score (nSPS) is 23.7. The van der Waals surface area contributed by atoms with E-state index in [-0.39, 0.29) is 41.1 Å². The van der Waals surface area contributed by atoms with Gasteiger partial charge in [-0.15, -0.1) is 34.6 Å². The molecular weight excluding hydrogens is 518 g/mol. The molecule has 0 aromatic carbocycles. The summed E-state index contributed by atoms with van der Waals surface area (Å²) in [4.78, 5) is 48.1. The molecule has 4 rings (SSSR count). The Bertz CT molecular complexity index is 1220. The molecule has 2 aromatic heterocycles. The smallest absolute Gasteiger partial charge is 0.313 e. The van der Waals surface area contributed by atoms with Crippen LogP contribution in [0.3, 0.4) is 0 Å². The molecule has 2 amide bonds. The van der Waals surface area contributed by atoms with Gasteiger partial charge in [0.2, 0.25) is 11.1 Å². The van der Waals surface area contributed by atoms with Gasteiger partial charge in [0.25, 0.3) is 5.91 Å². The molecule has 0 spiro atoms. The van der Waals surface area contributed by atoms with Crippen molar-refractivity contribution < 1.29 is 24.3 Å². The monoisotopic (exact) mass is 537 g/mol. The highest BCUT2D eigenvalue weighted by molar-refractivity contribution is 8.00. The molecule has 0 radical (unpaired) electrons. The second-order valence-electron chi connectivity index (χ2n) is 7.51. The van der Waals surface area contributed by atoms with Crippen LogP contribution in [0.1, 0.15) is 5.69 Å². The first-order valence-corrected chi connectivity index (χ1v) is 12.8. The van der Waals surface area contributed by atoms with E-state index in [0.29, 0.717) is 5.16 Å². The number of nitrogens with one attached hydrogen (secondary N) is 1. The molecule has 4 N–H and O–H groups in total. The van der Waals surface area contributed by atoms with Gasteiger partial charge in [-0.3, -0.25) is 14.4 Å². The lowest BCUT2D eigenvalue weighted by Crippen LogP contribution is -2.74. The summed E-state index contributed by atoms with van der Waals surface area (Å²) in [5.74, 6) is 0.694. The van der Waals surface area contributed by atoms with Crippen molar-refractivity contribution in [3.8, 4) is 12.3 Å². The first-order valence-electron chi connectivity index (χ1n) is 9.91. The lowest BCUT2D eigenvalue weighted by molar-refractivity contribution is -0.157. The number of aliphatic carboxylic acids is 1. The van der Waals surface area contributed by atoms with E-state index >= 15 is 0 Å². The predicted molar refractivity (Wildman–Crippen MR) is 127 cm³/mol. The van der Waals surface area contributed by atoms with Crippen LogP contribution in [0.25, 0.3) is 0 Å². The molecule has 17 heteroatoms. The molecule has 3 atom stereocenters. The third-order valence-corrected chi connectivity index (χ3v) is 8.77. The summed E-state index contributed by atoms with van der Waals surface area (Å²) in [7, 11) is 1.28. The number of hydrogen-bond acceptors (Lipinski definition) is 13. The summed E-state index contributed by atoms with van der Waals surface area (Å²) < 4.78 is 1.40. The first kappa shape index (κ1) is 24.8. The number of nitrogens with two attached hydrogens (primary N) is 1. The van der Waals surface area contributed by atoms with E-state index in [9.17, 15) is 19.5 Å². The number of hydrogen-bond donors (Lipinski definition) is 3. The Hall–Kier alpha value is -3.36. The van der Waals surface area contributed by atoms with Gasteiger partial charge in [0.05, 0.1) is 0 Å². The van der Waals surface area contributed by atoms with Gasteiger partial charge in [-0.2, -0.15) is 0 Å². The molecule has 2 unspecified atom stereocenters. The van der Waals surface area contributed by atoms with Gasteiger partial charge in [0.15, 0.2) is 10.8 Å². The van der Waals surface area contributed by atoms with E-state index in [1.807, 2.05) is 0 Å². The Balaban J connectivity index is 1.42. The molecular formula is C18H19N9O5S3. The van der Waals surface area contributed by atoms with Gasteiger partial charge in [-0.1, -0.05) is 22.8 Å². The summed E-state index contributed by atoms with van der Waals surface area (Å²) in [5.41, 5.74) is 4.51. The Morgan fingerprint density at radius 2 is 2.34 bits per heavy atom. The predicted octanol–water partition coefficient (Wildman–Crippen LogP) is -1.04. The zero-order valence-corrected chi connectivity index (χ0v) is 20.6. The van der Waals surface area contributed by atoms with Gasteiger partial charge in [-0.05, 0) is 10.4 Å². The molecule has 2 saturated heterocycles. The third kappa shape index (κ3) is 4.76. The van der Waals surface area contributed by atoms with Crippen LogP contribution in [0.2, 0.25) is 0 Å². The molecule has 14 nitrogen and oxygen atoms in total. The fraction of sp³-hybridized carbons (Fsp3) is 0.444. The highest BCUT2D eigenvalue weighted by Gasteiger charge is 2.57. The first-order chi connectivity index (χ1) is 16.8. The highest BCUT2D eigenvalue weighted by atomic mass is 32.2. The number of fused-ring (bicyclic) bond motifs is 1. The standard InChI is InChI=1S/C18H19N9O5S3/c1-3-4-27-17(22-24-25-27)35-8-18(15(30)31)6-26-13(29)11(14(26)34-7-18)21-12(28)10(23-32-2)9-5-33-16(19)20-9/h1,5,11,14H,4,6-8H2,2H3,(H2,19,20)(H,21,28)(H,30,31)/t11?,14-,18?/m1/s1. The Kier molecular flexibility index (Phi) is 7.14. The van der Waals surface area contributed by atoms with E-state index in [1.165, 1.54) is 28.5 Å². The number of carbonyl (C=O) groups is 3. The number of anilines is 1. The minimum atomic E-state index is -1.23. The van der Waals surface area contributed by atoms with Crippen LogP contribution in [0, 0.1) is 17.8 Å². The van der Waals surface area contributed by atoms with Crippen molar-refractivity contribution in [2.24, 2.45) is 10.6 Å². The van der Waals surface area contributed by atoms with E-state index < -0.39 is 34.6 Å². The van der Waals surface area contributed by atoms with Crippen LogP contribution in [0.15, 0.2) is 15.7 Å². The van der Waals surface area contributed by atoms with Crippen LogP contribution in [-0.4, -0.2) is 95.3 Å². The fourth-order valence-corrected chi connectivity index (χ4v) is 6.78. The molecule has 0 bridgehead atoms. The number of amides is 2. The maximum atomic E-state index is 12.9. The minimum absolute atomic E-state index is 0.0173. The van der Waals surface area contributed by atoms with Crippen molar-refractivity contribution >= 4 is 63.5 Å². The molecule has 2 aliphatic rings. The van der Waals surface area contributed by atoms with Crippen LogP contribution >= 0.6 is 34.9 Å². The number of thiazole rings is 1. The van der Waals surface area contributed by atoms with E-state index in [4.69, 9.17) is 17.0 Å². The van der Waals surface area contributed by atoms with E-state index in [1.54, 1.807) is 5.38 Å². The second kappa shape index (κ2) is 10.1. The number of thioether (sulfide) groups is 2. The number of β-lactam (4-membered cyclic amide) rings is 1. The van der Waals surface area contributed by atoms with Crippen molar-refractivity contribution in [2.45, 2.75) is 23.1 Å². The third-order valence-electron chi connectivity index (χ3n) is 5.27. The lowest BCUT2D eigenvalue weighted by atomic mass is 9.89. The largest absolute Gasteiger partial charge is 0.481 e. The highest BCUT2D eigenvalue weighted by Crippen LogP contribution is 2.44. The minimum Gasteiger partial charge on any atom is -0.481 e. The molecule has 0 aliphatic carbocycles. The van der Waals surface area contributed by atoms with Crippen LogP contribution in [0.4, 0.5) is 5.13 Å². The molecule has 2 fully saturated rings. The Morgan fingerprint density at radius 3 is 3.00 bits per heavy atom. The molecule has 0 saturated carbocycles. The van der Waals surface area contributed by atoms with Crippen molar-refractivity contribution in [1.29, 1.82) is 0 Å². The number of carboxylic acids is 1. The van der Waals surface area contributed by atoms with Crippen molar-refractivity contribution in [1.82, 2.24) is 35.4 Å². The average Bonchev–Trinajstić information content (AvgIpc) is 3.48. The number of carbonyl (C=O) groups excluding carboxylic acids is 2. The quantitative estimate of drug-likeness (QED) is 0.116. The number of carboxylic acid groups (broad SMARTS) is 1. The number of rotatable bonds is 9. The van der Waals surface area contributed by atoms with Gasteiger partial charge < -0.3 is 25.9 Å². The fourth-order valence-electron chi connectivity index (χ4n) is 3.50. The average molecular weight is 538 g/mol. The number of oxime groups is 1. The van der Waals surface area contributed by atoms with Gasteiger partial charge in [0, 0.05) is 23.4 Å². The molecule has 184 valence electrons. The number of aromatic nitrogens is 5. The SMILES string of the molecule is C#CCn1nnnc1SCC1(C(=O)O)CS[C@@H]2C(NC(=O)C(=NOC)c3csc(N)n3)C(=O)N2C1. The molecule has 2 aromatic rings. The van der Waals surface area contributed by atoms with E-state index in [0.717, 1.165) is 23.1 Å². The van der Waals surface area contributed by atoms with Crippen molar-refractivity contribution in [2.75, 3.05) is 30.9 Å². The number of terminal acetylenes is 1. The zero-order valence-electron chi connectivity index (χ0n) is 18.2. The molecule has 35 heavy (non-hydrogen) atoms. The number of tetrazole rings is 1. The van der Waals surface area contributed by atoms with Gasteiger partial charge in [-0.25, -0.2) is 9.67 Å². The summed E-state index contributed by atoms with van der Waals surface area (Å²) in [6, 6.07) is -0.840. The lowest BCUT2D eigenvalue weighted by Gasteiger charge is -2.53. The number of nitrogens with zero attached hydrogens (tertiary/aromatic N) is 7. The van der Waals surface area contributed by atoms with Crippen LogP contribution in [0.5, 0.6) is 0 Å². The van der Waals surface area contributed by atoms with Crippen LogP contribution < -0.4 is 11.1 Å². The van der Waals surface area contributed by atoms with Crippen molar-refractivity contribution in [3.05, 3.63) is 11.1 Å². The summed E-state index contributed by atoms with van der Waals surface area (Å²) >= 11 is 3.57. The summed E-state index contributed by atoms with van der Waals surface area (Å²) in [6.07, 6.45) is 5.31. The topological polar surface area (TPSA) is 191 Å². The second-order valence-corrected chi connectivity index (χ2v) is 10.4. The number of nitrogen functional groups attached to an aromatic ring is 1. The van der Waals surface area contributed by atoms with Gasteiger partial charge >= 0.3 is 5.97 Å². The maximum absolute atomic E-state index is 12.9.